The molecular weight excluding hydrogens is 391 g/mol. The summed E-state index contributed by atoms with van der Waals surface area (Å²) in [6.07, 6.45) is -4.41. The molecule has 0 spiro atoms. The molecule has 0 amide bonds. The third-order valence-electron chi connectivity index (χ3n) is 3.37. The van der Waals surface area contributed by atoms with Gasteiger partial charge in [-0.2, -0.15) is 18.2 Å². The Hall–Kier alpha value is -2.79. The quantitative estimate of drug-likeness (QED) is 0.521. The molecule has 27 heavy (non-hydrogen) atoms. The Balaban J connectivity index is 0.000000321. The molecule has 8 nitrogen and oxygen atoms in total. The number of halogens is 4. The van der Waals surface area contributed by atoms with E-state index in [1.165, 1.54) is 0 Å². The van der Waals surface area contributed by atoms with Gasteiger partial charge in [-0.15, -0.1) is 0 Å². The van der Waals surface area contributed by atoms with Gasteiger partial charge in [0.15, 0.2) is 11.4 Å². The lowest BCUT2D eigenvalue weighted by atomic mass is 10.1. The minimum atomic E-state index is -5.08. The number of carboxylic acids is 1. The van der Waals surface area contributed by atoms with Crippen molar-refractivity contribution in [3.05, 3.63) is 22.7 Å². The van der Waals surface area contributed by atoms with E-state index in [4.69, 9.17) is 37.4 Å². The summed E-state index contributed by atoms with van der Waals surface area (Å²) in [7, 11) is 1.75. The summed E-state index contributed by atoms with van der Waals surface area (Å²) in [5, 5.41) is 11.5. The number of aromatic nitrogens is 2. The van der Waals surface area contributed by atoms with Crippen molar-refractivity contribution < 1.29 is 27.5 Å². The monoisotopic (exact) mass is 405 g/mol. The van der Waals surface area contributed by atoms with Crippen LogP contribution in [0.4, 0.5) is 24.9 Å². The van der Waals surface area contributed by atoms with Crippen LogP contribution in [-0.4, -0.2) is 40.8 Å². The third-order valence-corrected chi connectivity index (χ3v) is 3.58. The van der Waals surface area contributed by atoms with Crippen molar-refractivity contribution in [2.75, 3.05) is 24.6 Å². The number of furan rings is 1. The van der Waals surface area contributed by atoms with Gasteiger partial charge in [-0.05, 0) is 30.7 Å². The van der Waals surface area contributed by atoms with Crippen LogP contribution in [0.5, 0.6) is 0 Å². The Morgan fingerprint density at radius 2 is 1.96 bits per heavy atom. The largest absolute Gasteiger partial charge is 0.490 e. The molecule has 6 N–H and O–H groups in total. The van der Waals surface area contributed by atoms with Crippen LogP contribution < -0.4 is 16.8 Å². The fourth-order valence-corrected chi connectivity index (χ4v) is 2.55. The highest BCUT2D eigenvalue weighted by atomic mass is 35.5. The third kappa shape index (κ3) is 4.49. The first kappa shape index (κ1) is 20.5. The van der Waals surface area contributed by atoms with Crippen molar-refractivity contribution in [2.45, 2.75) is 12.6 Å². The molecule has 0 aliphatic carbocycles. The second-order valence-corrected chi connectivity index (χ2v) is 5.68. The van der Waals surface area contributed by atoms with Gasteiger partial charge in [0.05, 0.1) is 0 Å². The second kappa shape index (κ2) is 7.84. The molecule has 146 valence electrons. The number of carbonyl (C=O) groups is 1. The molecule has 0 saturated heterocycles. The minimum absolute atomic E-state index is 0.185. The van der Waals surface area contributed by atoms with Gasteiger partial charge in [0.2, 0.25) is 5.95 Å². The van der Waals surface area contributed by atoms with Gasteiger partial charge in [-0.3, -0.25) is 0 Å². The van der Waals surface area contributed by atoms with Crippen LogP contribution >= 0.6 is 11.6 Å². The minimum Gasteiger partial charge on any atom is -0.475 e. The number of hydrogen-bond donors (Lipinski definition) is 4. The maximum absolute atomic E-state index is 10.6. The zero-order chi connectivity index (χ0) is 20.4. The number of benzene rings is 1. The van der Waals surface area contributed by atoms with Crippen LogP contribution in [0.15, 0.2) is 16.5 Å². The SMILES string of the molecule is CNc1nc(N)nc2c1oc1c(CCN)cc(Cl)cc12.O=C(O)C(F)(F)F. The van der Waals surface area contributed by atoms with Crippen molar-refractivity contribution >= 4 is 51.4 Å². The first-order chi connectivity index (χ1) is 12.6. The summed E-state index contributed by atoms with van der Waals surface area (Å²) in [5.74, 6) is -2.02. The van der Waals surface area contributed by atoms with E-state index in [2.05, 4.69) is 15.3 Å². The number of carboxylic acid groups (broad SMARTS) is 1. The standard InChI is InChI=1S/C13H14ClN5O.C2HF3O2/c1-17-12-11-9(18-13(16)19-12)8-5-7(14)4-6(2-3-15)10(8)20-11;3-2(4,5)1(6)7/h4-5H,2-3,15H2,1H3,(H3,16,17,18,19);(H,6,7). The number of nitrogens with zero attached hydrogens (tertiary/aromatic N) is 2. The van der Waals surface area contributed by atoms with Gasteiger partial charge in [-0.1, -0.05) is 11.6 Å². The predicted octanol–water partition coefficient (Wildman–Crippen LogP) is 2.79. The first-order valence-corrected chi connectivity index (χ1v) is 7.82. The molecule has 0 radical (unpaired) electrons. The van der Waals surface area contributed by atoms with E-state index in [-0.39, 0.29) is 5.95 Å². The van der Waals surface area contributed by atoms with Crippen LogP contribution in [0, 0.1) is 0 Å². The van der Waals surface area contributed by atoms with Gasteiger partial charge in [0, 0.05) is 17.5 Å². The number of nitrogens with two attached hydrogens (primary N) is 2. The molecule has 0 saturated carbocycles. The summed E-state index contributed by atoms with van der Waals surface area (Å²) in [6, 6.07) is 3.67. The lowest BCUT2D eigenvalue weighted by molar-refractivity contribution is -0.192. The molecule has 2 aromatic heterocycles. The molecule has 3 aromatic rings. The fraction of sp³-hybridized carbons (Fsp3) is 0.267. The van der Waals surface area contributed by atoms with Crippen LogP contribution in [0.1, 0.15) is 5.56 Å². The van der Waals surface area contributed by atoms with Crippen molar-refractivity contribution in [1.29, 1.82) is 0 Å². The maximum Gasteiger partial charge on any atom is 0.490 e. The molecule has 12 heteroatoms. The maximum atomic E-state index is 10.6. The molecule has 0 unspecified atom stereocenters. The average Bonchev–Trinajstić information content (AvgIpc) is 2.93. The number of hydrogen-bond acceptors (Lipinski definition) is 7. The number of rotatable bonds is 3. The second-order valence-electron chi connectivity index (χ2n) is 5.24. The van der Waals surface area contributed by atoms with Crippen molar-refractivity contribution in [2.24, 2.45) is 5.73 Å². The van der Waals surface area contributed by atoms with Crippen LogP contribution in [0.3, 0.4) is 0 Å². The number of fused-ring (bicyclic) bond motifs is 3. The van der Waals surface area contributed by atoms with Gasteiger partial charge in [-0.25, -0.2) is 9.78 Å². The Kier molecular flexibility index (Phi) is 5.96. The lowest BCUT2D eigenvalue weighted by Gasteiger charge is -2.00. The summed E-state index contributed by atoms with van der Waals surface area (Å²) >= 11 is 6.16. The number of nitrogens with one attached hydrogen (secondary N) is 1. The number of alkyl halides is 3. The predicted molar refractivity (Wildman–Crippen MR) is 94.7 cm³/mol. The topological polar surface area (TPSA) is 140 Å². The average molecular weight is 406 g/mol. The highest BCUT2D eigenvalue weighted by Crippen LogP contribution is 2.35. The van der Waals surface area contributed by atoms with Crippen molar-refractivity contribution in [3.8, 4) is 0 Å². The number of anilines is 2. The smallest absolute Gasteiger partial charge is 0.475 e. The zero-order valence-corrected chi connectivity index (χ0v) is 14.6. The van der Waals surface area contributed by atoms with E-state index in [9.17, 15) is 13.2 Å². The Bertz CT molecular complexity index is 990. The number of aliphatic carboxylic acids is 1. The first-order valence-electron chi connectivity index (χ1n) is 7.44. The van der Waals surface area contributed by atoms with Crippen LogP contribution in [0.25, 0.3) is 22.1 Å². The molecule has 0 fully saturated rings. The fourth-order valence-electron chi connectivity index (χ4n) is 2.31. The normalized spacial score (nSPS) is 11.3. The molecule has 0 aliphatic rings. The zero-order valence-electron chi connectivity index (χ0n) is 13.9. The van der Waals surface area contributed by atoms with Gasteiger partial charge in [0.1, 0.15) is 11.1 Å². The Labute approximate surface area is 155 Å². The van der Waals surface area contributed by atoms with E-state index in [0.717, 1.165) is 16.5 Å². The molecular formula is C15H15ClF3N5O3. The van der Waals surface area contributed by atoms with E-state index >= 15 is 0 Å². The van der Waals surface area contributed by atoms with E-state index in [0.29, 0.717) is 34.9 Å². The molecule has 0 atom stereocenters. The summed E-state index contributed by atoms with van der Waals surface area (Å²) in [6.45, 7) is 0.513. The van der Waals surface area contributed by atoms with E-state index in [1.807, 2.05) is 12.1 Å². The molecule has 0 aliphatic heterocycles. The van der Waals surface area contributed by atoms with Crippen LogP contribution in [0.2, 0.25) is 5.02 Å². The Morgan fingerprint density at radius 3 is 2.48 bits per heavy atom. The summed E-state index contributed by atoms with van der Waals surface area (Å²) in [5.41, 5.74) is 14.3. The molecule has 2 heterocycles. The highest BCUT2D eigenvalue weighted by molar-refractivity contribution is 6.32. The van der Waals surface area contributed by atoms with Gasteiger partial charge in [0.25, 0.3) is 0 Å². The Morgan fingerprint density at radius 1 is 1.33 bits per heavy atom. The molecule has 0 bridgehead atoms. The van der Waals surface area contributed by atoms with Crippen molar-refractivity contribution in [3.63, 3.8) is 0 Å². The highest BCUT2D eigenvalue weighted by Gasteiger charge is 2.38. The van der Waals surface area contributed by atoms with Gasteiger partial charge < -0.3 is 26.3 Å². The summed E-state index contributed by atoms with van der Waals surface area (Å²) < 4.78 is 37.6. The van der Waals surface area contributed by atoms with E-state index < -0.39 is 12.1 Å². The lowest BCUT2D eigenvalue weighted by Crippen LogP contribution is -2.21. The van der Waals surface area contributed by atoms with Gasteiger partial charge >= 0.3 is 12.1 Å². The van der Waals surface area contributed by atoms with Crippen molar-refractivity contribution in [1.82, 2.24) is 9.97 Å². The number of nitrogen functional groups attached to an aromatic ring is 1. The molecule has 3 rings (SSSR count). The van der Waals surface area contributed by atoms with Crippen LogP contribution in [-0.2, 0) is 11.2 Å². The van der Waals surface area contributed by atoms with E-state index in [1.54, 1.807) is 7.05 Å². The summed E-state index contributed by atoms with van der Waals surface area (Å²) in [4.78, 5) is 17.3. The molecule has 1 aromatic carbocycles.